The molecule has 0 saturated carbocycles. The topological polar surface area (TPSA) is 66.8 Å². The summed E-state index contributed by atoms with van der Waals surface area (Å²) >= 11 is 0. The molecule has 2 amide bonds. The van der Waals surface area contributed by atoms with Crippen LogP contribution in [0.15, 0.2) is 72.3 Å². The van der Waals surface area contributed by atoms with E-state index < -0.39 is 23.2 Å². The Hall–Kier alpha value is -2.92. The third kappa shape index (κ3) is 3.64. The maximum absolute atomic E-state index is 13.0. The van der Waals surface area contributed by atoms with Crippen LogP contribution in [0.2, 0.25) is 0 Å². The molecule has 0 aliphatic carbocycles. The number of nitrogens with zero attached hydrogens (tertiary/aromatic N) is 1. The molecular formula is C22H23NO4. The first kappa shape index (κ1) is 18.9. The highest BCUT2D eigenvalue weighted by Crippen LogP contribution is 2.39. The van der Waals surface area contributed by atoms with E-state index in [4.69, 9.17) is 4.74 Å². The van der Waals surface area contributed by atoms with Crippen LogP contribution in [0.5, 0.6) is 0 Å². The van der Waals surface area contributed by atoms with Gasteiger partial charge in [-0.05, 0) is 31.9 Å². The molecule has 1 heterocycles. The molecule has 0 bridgehead atoms. The molecule has 0 atom stereocenters. The monoisotopic (exact) mass is 365 g/mol. The smallest absolute Gasteiger partial charge is 0.417 e. The maximum Gasteiger partial charge on any atom is 0.417 e. The van der Waals surface area contributed by atoms with Crippen LogP contribution in [0.25, 0.3) is 0 Å². The summed E-state index contributed by atoms with van der Waals surface area (Å²) in [7, 11) is 0. The Balaban J connectivity index is 2.00. The molecule has 5 nitrogen and oxygen atoms in total. The number of carbonyl (C=O) groups is 2. The van der Waals surface area contributed by atoms with Crippen molar-refractivity contribution in [2.75, 3.05) is 6.54 Å². The first-order valence-electron chi connectivity index (χ1n) is 8.82. The van der Waals surface area contributed by atoms with E-state index in [1.807, 2.05) is 12.1 Å². The maximum atomic E-state index is 13.0. The normalized spacial score (nSPS) is 14.9. The molecule has 0 fully saturated rings. The second-order valence-electron chi connectivity index (χ2n) is 7.46. The summed E-state index contributed by atoms with van der Waals surface area (Å²) < 4.78 is 5.32. The molecule has 3 rings (SSSR count). The van der Waals surface area contributed by atoms with Crippen LogP contribution in [0, 0.1) is 0 Å². The van der Waals surface area contributed by atoms with Crippen molar-refractivity contribution >= 4 is 12.0 Å². The lowest BCUT2D eigenvalue weighted by Crippen LogP contribution is -2.42. The average Bonchev–Trinajstić information content (AvgIpc) is 3.03. The molecule has 1 N–H and O–H groups in total. The third-order valence-electron chi connectivity index (χ3n) is 4.34. The van der Waals surface area contributed by atoms with Crippen molar-refractivity contribution < 1.29 is 19.4 Å². The molecule has 2 aromatic rings. The van der Waals surface area contributed by atoms with Gasteiger partial charge in [-0.15, -0.1) is 0 Å². The van der Waals surface area contributed by atoms with Gasteiger partial charge in [0.25, 0.3) is 5.91 Å². The fourth-order valence-corrected chi connectivity index (χ4v) is 3.11. The largest absolute Gasteiger partial charge is 0.443 e. The van der Waals surface area contributed by atoms with Gasteiger partial charge in [-0.25, -0.2) is 9.69 Å². The van der Waals surface area contributed by atoms with E-state index in [0.717, 1.165) is 4.90 Å². The van der Waals surface area contributed by atoms with Crippen molar-refractivity contribution in [3.63, 3.8) is 0 Å². The minimum atomic E-state index is -1.66. The van der Waals surface area contributed by atoms with E-state index in [2.05, 4.69) is 0 Å². The lowest BCUT2D eigenvalue weighted by atomic mass is 9.80. The Labute approximate surface area is 158 Å². The minimum absolute atomic E-state index is 0.0606. The molecule has 0 radical (unpaired) electrons. The van der Waals surface area contributed by atoms with Crippen molar-refractivity contribution in [3.05, 3.63) is 83.4 Å². The van der Waals surface area contributed by atoms with Gasteiger partial charge in [0.05, 0.1) is 12.1 Å². The van der Waals surface area contributed by atoms with Crippen molar-refractivity contribution in [1.82, 2.24) is 4.90 Å². The number of rotatable bonds is 3. The van der Waals surface area contributed by atoms with Gasteiger partial charge < -0.3 is 9.84 Å². The van der Waals surface area contributed by atoms with Gasteiger partial charge >= 0.3 is 6.09 Å². The molecule has 5 heteroatoms. The Kier molecular flexibility index (Phi) is 4.89. The zero-order valence-electron chi connectivity index (χ0n) is 15.7. The van der Waals surface area contributed by atoms with Crippen LogP contribution in [0.3, 0.4) is 0 Å². The molecule has 0 aromatic heterocycles. The number of imide groups is 1. The van der Waals surface area contributed by atoms with E-state index in [9.17, 15) is 14.7 Å². The molecule has 0 spiro atoms. The third-order valence-corrected chi connectivity index (χ3v) is 4.34. The van der Waals surface area contributed by atoms with Gasteiger partial charge in [0.2, 0.25) is 0 Å². The number of aliphatic hydroxyl groups is 1. The van der Waals surface area contributed by atoms with Gasteiger partial charge in [-0.2, -0.15) is 0 Å². The lowest BCUT2D eigenvalue weighted by Gasteiger charge is -2.31. The highest BCUT2D eigenvalue weighted by molar-refractivity contribution is 6.06. The lowest BCUT2D eigenvalue weighted by molar-refractivity contribution is -0.126. The summed E-state index contributed by atoms with van der Waals surface area (Å²) in [6.45, 7) is 5.28. The van der Waals surface area contributed by atoms with Crippen LogP contribution in [0.4, 0.5) is 4.79 Å². The highest BCUT2D eigenvalue weighted by Gasteiger charge is 2.45. The molecule has 1 aliphatic rings. The average molecular weight is 365 g/mol. The second-order valence-corrected chi connectivity index (χ2v) is 7.46. The van der Waals surface area contributed by atoms with E-state index >= 15 is 0 Å². The van der Waals surface area contributed by atoms with Gasteiger partial charge in [0.1, 0.15) is 11.2 Å². The fraction of sp³-hybridized carbons (Fsp3) is 0.273. The minimum Gasteiger partial charge on any atom is -0.443 e. The summed E-state index contributed by atoms with van der Waals surface area (Å²) in [5, 5.41) is 11.7. The van der Waals surface area contributed by atoms with Gasteiger partial charge in [0.15, 0.2) is 0 Å². The summed E-state index contributed by atoms with van der Waals surface area (Å²) in [4.78, 5) is 26.4. The molecular weight excluding hydrogens is 342 g/mol. The Morgan fingerprint density at radius 2 is 1.44 bits per heavy atom. The first-order chi connectivity index (χ1) is 12.7. The molecule has 2 aromatic carbocycles. The highest BCUT2D eigenvalue weighted by atomic mass is 16.6. The first-order valence-corrected chi connectivity index (χ1v) is 8.82. The Morgan fingerprint density at radius 3 is 1.89 bits per heavy atom. The van der Waals surface area contributed by atoms with Crippen molar-refractivity contribution in [2.24, 2.45) is 0 Å². The van der Waals surface area contributed by atoms with Crippen LogP contribution >= 0.6 is 0 Å². The van der Waals surface area contributed by atoms with E-state index in [-0.39, 0.29) is 12.1 Å². The van der Waals surface area contributed by atoms with Crippen LogP contribution in [-0.2, 0) is 15.1 Å². The molecule has 140 valence electrons. The van der Waals surface area contributed by atoms with Crippen LogP contribution in [-0.4, -0.2) is 34.2 Å². The van der Waals surface area contributed by atoms with Crippen LogP contribution < -0.4 is 0 Å². The predicted molar refractivity (Wildman–Crippen MR) is 102 cm³/mol. The van der Waals surface area contributed by atoms with Gasteiger partial charge in [0, 0.05) is 0 Å². The number of hydrogen-bond donors (Lipinski definition) is 1. The second kappa shape index (κ2) is 7.00. The number of carbonyl (C=O) groups excluding carboxylic acids is 2. The number of ether oxygens (including phenoxy) is 1. The standard InChI is InChI=1S/C22H23NO4/c1-21(2,3)27-20(25)23-15-14-18(19(23)24)22(26,16-10-6-4-7-11-16)17-12-8-5-9-13-17/h4-14,26H,15H2,1-3H3. The van der Waals surface area contributed by atoms with Crippen molar-refractivity contribution in [1.29, 1.82) is 0 Å². The Morgan fingerprint density at radius 1 is 0.963 bits per heavy atom. The number of hydrogen-bond acceptors (Lipinski definition) is 4. The number of benzene rings is 2. The molecule has 0 saturated heterocycles. The van der Waals surface area contributed by atoms with Crippen molar-refractivity contribution in [2.45, 2.75) is 32.0 Å². The zero-order chi connectivity index (χ0) is 19.7. The fourth-order valence-electron chi connectivity index (χ4n) is 3.11. The van der Waals surface area contributed by atoms with Crippen LogP contribution in [0.1, 0.15) is 31.9 Å². The summed E-state index contributed by atoms with van der Waals surface area (Å²) in [6.07, 6.45) is 0.869. The quantitative estimate of drug-likeness (QED) is 0.902. The van der Waals surface area contributed by atoms with Crippen molar-refractivity contribution in [3.8, 4) is 0 Å². The van der Waals surface area contributed by atoms with Gasteiger partial charge in [-0.3, -0.25) is 4.79 Å². The summed E-state index contributed by atoms with van der Waals surface area (Å²) in [6, 6.07) is 17.9. The number of amides is 2. The SMILES string of the molecule is CC(C)(C)OC(=O)N1CC=C(C(O)(c2ccccc2)c2ccccc2)C1=O. The summed E-state index contributed by atoms with van der Waals surface area (Å²) in [5.74, 6) is -0.556. The van der Waals surface area contributed by atoms with E-state index in [1.54, 1.807) is 75.4 Å². The Bertz CT molecular complexity index is 827. The van der Waals surface area contributed by atoms with E-state index in [0.29, 0.717) is 11.1 Å². The summed E-state index contributed by atoms with van der Waals surface area (Å²) in [5.41, 5.74) is -1.11. The molecule has 1 aliphatic heterocycles. The van der Waals surface area contributed by atoms with Gasteiger partial charge in [-0.1, -0.05) is 66.7 Å². The van der Waals surface area contributed by atoms with E-state index in [1.165, 1.54) is 0 Å². The molecule has 0 unspecified atom stereocenters. The molecule has 27 heavy (non-hydrogen) atoms. The predicted octanol–water partition coefficient (Wildman–Crippen LogP) is 3.63. The zero-order valence-corrected chi connectivity index (χ0v) is 15.7.